The normalized spacial score (nSPS) is 15.0. The lowest BCUT2D eigenvalue weighted by Gasteiger charge is -2.36. The van der Waals surface area contributed by atoms with Crippen molar-refractivity contribution in [1.29, 1.82) is 0 Å². The highest BCUT2D eigenvalue weighted by Crippen LogP contribution is 2.33. The zero-order valence-corrected chi connectivity index (χ0v) is 22.5. The lowest BCUT2D eigenvalue weighted by atomic mass is 10.1. The number of imidazole rings is 1. The molecule has 0 bridgehead atoms. The summed E-state index contributed by atoms with van der Waals surface area (Å²) in [5.74, 6) is 0.735. The molecular formula is C27H35F3N4OSi. The Hall–Kier alpha value is -2.78. The van der Waals surface area contributed by atoms with Gasteiger partial charge in [0.2, 0.25) is 5.95 Å². The Balaban J connectivity index is 1.55. The third kappa shape index (κ3) is 6.70. The Morgan fingerprint density at radius 2 is 1.64 bits per heavy atom. The number of anilines is 2. The Morgan fingerprint density at radius 1 is 0.944 bits per heavy atom. The van der Waals surface area contributed by atoms with Crippen molar-refractivity contribution in [3.05, 3.63) is 65.9 Å². The number of hydrogen-bond acceptors (Lipinski definition) is 4. The van der Waals surface area contributed by atoms with E-state index in [-0.39, 0.29) is 0 Å². The summed E-state index contributed by atoms with van der Waals surface area (Å²) >= 11 is 0. The smallest absolute Gasteiger partial charge is 0.368 e. The fourth-order valence-electron chi connectivity index (χ4n) is 4.28. The van der Waals surface area contributed by atoms with Crippen LogP contribution in [-0.2, 0) is 17.6 Å². The van der Waals surface area contributed by atoms with E-state index in [9.17, 15) is 13.2 Å². The van der Waals surface area contributed by atoms with Gasteiger partial charge >= 0.3 is 6.18 Å². The lowest BCUT2D eigenvalue weighted by Crippen LogP contribution is -2.47. The minimum atomic E-state index is -4.40. The van der Waals surface area contributed by atoms with Crippen LogP contribution in [0.2, 0.25) is 25.7 Å². The van der Waals surface area contributed by atoms with Crippen LogP contribution in [0.25, 0.3) is 11.3 Å². The number of benzene rings is 2. The second kappa shape index (κ2) is 10.7. The van der Waals surface area contributed by atoms with Gasteiger partial charge in [-0.05, 0) is 42.8 Å². The fourth-order valence-corrected chi connectivity index (χ4v) is 5.03. The minimum Gasteiger partial charge on any atom is -0.368 e. The highest BCUT2D eigenvalue weighted by molar-refractivity contribution is 6.76. The summed E-state index contributed by atoms with van der Waals surface area (Å²) in [6.45, 7) is 13.2. The zero-order valence-electron chi connectivity index (χ0n) is 21.5. The number of alkyl halides is 3. The number of hydrogen-bond donors (Lipinski definition) is 0. The van der Waals surface area contributed by atoms with Gasteiger partial charge in [0.25, 0.3) is 0 Å². The molecule has 0 radical (unpaired) electrons. The van der Waals surface area contributed by atoms with Crippen LogP contribution in [0.3, 0.4) is 0 Å². The third-order valence-electron chi connectivity index (χ3n) is 6.40. The van der Waals surface area contributed by atoms with Crippen molar-refractivity contribution >= 4 is 19.7 Å². The SMILES string of the molecule is Cc1cccc(N2CCN(c3nc(-c4cccc(C(F)(F)F)c4)cn3COCC[Si](C)(C)C)CC2)c1. The molecule has 0 amide bonds. The highest BCUT2D eigenvalue weighted by Gasteiger charge is 2.31. The van der Waals surface area contributed by atoms with Crippen LogP contribution in [0.15, 0.2) is 54.7 Å². The Labute approximate surface area is 212 Å². The lowest BCUT2D eigenvalue weighted by molar-refractivity contribution is -0.137. The van der Waals surface area contributed by atoms with Crippen molar-refractivity contribution in [3.8, 4) is 11.3 Å². The summed E-state index contributed by atoms with van der Waals surface area (Å²) < 4.78 is 47.9. The molecule has 0 N–H and O–H groups in total. The largest absolute Gasteiger partial charge is 0.416 e. The van der Waals surface area contributed by atoms with Crippen molar-refractivity contribution < 1.29 is 17.9 Å². The van der Waals surface area contributed by atoms with Gasteiger partial charge in [-0.25, -0.2) is 4.98 Å². The maximum Gasteiger partial charge on any atom is 0.416 e. The van der Waals surface area contributed by atoms with Gasteiger partial charge in [-0.2, -0.15) is 13.2 Å². The summed E-state index contributed by atoms with van der Waals surface area (Å²) in [5, 5.41) is 0. The second-order valence-electron chi connectivity index (χ2n) is 10.6. The molecule has 1 aromatic heterocycles. The molecule has 194 valence electrons. The van der Waals surface area contributed by atoms with Crippen molar-refractivity contribution in [2.24, 2.45) is 0 Å². The summed E-state index contributed by atoms with van der Waals surface area (Å²) in [6.07, 6.45) is -2.58. The van der Waals surface area contributed by atoms with E-state index in [4.69, 9.17) is 9.72 Å². The molecule has 1 saturated heterocycles. The van der Waals surface area contributed by atoms with Gasteiger partial charge < -0.3 is 14.5 Å². The predicted molar refractivity (Wildman–Crippen MR) is 142 cm³/mol. The number of piperazine rings is 1. The van der Waals surface area contributed by atoms with Crippen molar-refractivity contribution in [3.63, 3.8) is 0 Å². The quantitative estimate of drug-likeness (QED) is 0.252. The number of halogens is 3. The molecule has 0 spiro atoms. The van der Waals surface area contributed by atoms with Gasteiger partial charge in [0.05, 0.1) is 11.3 Å². The summed E-state index contributed by atoms with van der Waals surface area (Å²) in [5.41, 5.74) is 2.73. The molecule has 0 saturated carbocycles. The molecule has 0 aliphatic carbocycles. The molecule has 1 fully saturated rings. The molecule has 5 nitrogen and oxygen atoms in total. The van der Waals surface area contributed by atoms with Crippen LogP contribution in [0, 0.1) is 6.92 Å². The van der Waals surface area contributed by atoms with E-state index in [1.54, 1.807) is 6.07 Å². The molecule has 36 heavy (non-hydrogen) atoms. The van der Waals surface area contributed by atoms with Crippen LogP contribution in [0.1, 0.15) is 11.1 Å². The molecule has 9 heteroatoms. The fraction of sp³-hybridized carbons (Fsp3) is 0.444. The first kappa shape index (κ1) is 26.3. The van der Waals surface area contributed by atoms with Crippen LogP contribution in [0.5, 0.6) is 0 Å². The zero-order chi connectivity index (χ0) is 25.9. The van der Waals surface area contributed by atoms with E-state index in [1.165, 1.54) is 17.3 Å². The molecule has 4 rings (SSSR count). The van der Waals surface area contributed by atoms with E-state index >= 15 is 0 Å². The summed E-state index contributed by atoms with van der Waals surface area (Å²) in [7, 11) is -1.23. The topological polar surface area (TPSA) is 33.5 Å². The van der Waals surface area contributed by atoms with Gasteiger partial charge in [-0.15, -0.1) is 0 Å². The van der Waals surface area contributed by atoms with Gasteiger partial charge in [-0.1, -0.05) is 43.9 Å². The molecule has 0 atom stereocenters. The van der Waals surface area contributed by atoms with Gasteiger partial charge in [0, 0.05) is 58.3 Å². The third-order valence-corrected chi connectivity index (χ3v) is 8.10. The second-order valence-corrected chi connectivity index (χ2v) is 16.3. The van der Waals surface area contributed by atoms with Crippen LogP contribution in [0.4, 0.5) is 24.8 Å². The molecule has 2 heterocycles. The first-order chi connectivity index (χ1) is 17.0. The summed E-state index contributed by atoms with van der Waals surface area (Å²) in [4.78, 5) is 9.35. The van der Waals surface area contributed by atoms with Crippen LogP contribution >= 0.6 is 0 Å². The van der Waals surface area contributed by atoms with Gasteiger partial charge in [-0.3, -0.25) is 4.57 Å². The van der Waals surface area contributed by atoms with Crippen molar-refractivity contribution in [1.82, 2.24) is 9.55 Å². The maximum atomic E-state index is 13.3. The highest BCUT2D eigenvalue weighted by atomic mass is 28.3. The van der Waals surface area contributed by atoms with Crippen molar-refractivity contribution in [2.45, 2.75) is 45.5 Å². The molecule has 1 aliphatic heterocycles. The Morgan fingerprint density at radius 3 is 2.31 bits per heavy atom. The number of ether oxygens (including phenoxy) is 1. The molecular weight excluding hydrogens is 481 g/mol. The average molecular weight is 517 g/mol. The van der Waals surface area contributed by atoms with E-state index in [0.29, 0.717) is 24.6 Å². The van der Waals surface area contributed by atoms with E-state index in [1.807, 2.05) is 10.8 Å². The minimum absolute atomic E-state index is 0.323. The molecule has 2 aromatic carbocycles. The Kier molecular flexibility index (Phi) is 7.80. The number of aromatic nitrogens is 2. The number of nitrogens with zero attached hydrogens (tertiary/aromatic N) is 4. The number of aryl methyl sites for hydroxylation is 1. The van der Waals surface area contributed by atoms with Crippen LogP contribution < -0.4 is 9.80 Å². The summed E-state index contributed by atoms with van der Waals surface area (Å²) in [6, 6.07) is 14.9. The van der Waals surface area contributed by atoms with E-state index < -0.39 is 19.8 Å². The van der Waals surface area contributed by atoms with E-state index in [2.05, 4.69) is 60.6 Å². The maximum absolute atomic E-state index is 13.3. The average Bonchev–Trinajstić information content (AvgIpc) is 3.25. The Bertz CT molecular complexity index is 1160. The van der Waals surface area contributed by atoms with Gasteiger partial charge in [0.1, 0.15) is 6.73 Å². The number of rotatable bonds is 8. The standard InChI is InChI=1S/C27H35F3N4OSi/c1-21-7-5-10-24(17-21)32-11-13-33(14-12-32)26-31-25(19-34(26)20-35-15-16-36(2,3)4)22-8-6-9-23(18-22)27(28,29)30/h5-10,17-19H,11-16,20H2,1-4H3. The first-order valence-corrected chi connectivity index (χ1v) is 16.1. The molecule has 1 aliphatic rings. The molecule has 0 unspecified atom stereocenters. The monoisotopic (exact) mass is 516 g/mol. The van der Waals surface area contributed by atoms with Crippen molar-refractivity contribution in [2.75, 3.05) is 42.6 Å². The van der Waals surface area contributed by atoms with Gasteiger partial charge in [0.15, 0.2) is 0 Å². The van der Waals surface area contributed by atoms with Crippen LogP contribution in [-0.4, -0.2) is 50.4 Å². The first-order valence-electron chi connectivity index (χ1n) is 12.4. The molecule has 3 aromatic rings. The predicted octanol–water partition coefficient (Wildman–Crippen LogP) is 6.52. The van der Waals surface area contributed by atoms with E-state index in [0.717, 1.165) is 50.3 Å².